The summed E-state index contributed by atoms with van der Waals surface area (Å²) in [5, 5.41) is 11.2. The Bertz CT molecular complexity index is 469. The number of benzene rings is 1. The summed E-state index contributed by atoms with van der Waals surface area (Å²) in [4.78, 5) is 0. The van der Waals surface area contributed by atoms with Gasteiger partial charge < -0.3 is 9.84 Å². The van der Waals surface area contributed by atoms with Gasteiger partial charge in [-0.25, -0.2) is 0 Å². The van der Waals surface area contributed by atoms with Crippen LogP contribution in [0.25, 0.3) is 0 Å². The van der Waals surface area contributed by atoms with E-state index in [9.17, 15) is 5.11 Å². The summed E-state index contributed by atoms with van der Waals surface area (Å²) in [5.74, 6) is 0.303. The maximum absolute atomic E-state index is 11.2. The fraction of sp³-hybridized carbons (Fsp3) is 0.684. The van der Waals surface area contributed by atoms with Crippen LogP contribution in [0.2, 0.25) is 0 Å². The second-order valence-corrected chi connectivity index (χ2v) is 7.13. The first-order chi connectivity index (χ1) is 10.1. The van der Waals surface area contributed by atoms with Crippen molar-refractivity contribution < 1.29 is 9.84 Å². The molecule has 1 aliphatic carbocycles. The Kier molecular flexibility index (Phi) is 4.11. The Labute approximate surface area is 128 Å². The lowest BCUT2D eigenvalue weighted by molar-refractivity contribution is -0.138. The summed E-state index contributed by atoms with van der Waals surface area (Å²) in [5.41, 5.74) is 1.70. The second-order valence-electron chi connectivity index (χ2n) is 7.13. The van der Waals surface area contributed by atoms with Crippen LogP contribution in [0.3, 0.4) is 0 Å². The van der Waals surface area contributed by atoms with Gasteiger partial charge in [0.1, 0.15) is 0 Å². The van der Waals surface area contributed by atoms with Crippen LogP contribution in [-0.2, 0) is 16.8 Å². The fourth-order valence-electron chi connectivity index (χ4n) is 4.19. The van der Waals surface area contributed by atoms with Crippen molar-refractivity contribution in [1.82, 2.24) is 0 Å². The minimum atomic E-state index is -0.744. The summed E-state index contributed by atoms with van der Waals surface area (Å²) in [7, 11) is 0. The van der Waals surface area contributed by atoms with Crippen molar-refractivity contribution in [3.8, 4) is 0 Å². The molecule has 2 unspecified atom stereocenters. The third-order valence-corrected chi connectivity index (χ3v) is 5.75. The van der Waals surface area contributed by atoms with Gasteiger partial charge in [0.2, 0.25) is 0 Å². The molecule has 1 heterocycles. The van der Waals surface area contributed by atoms with Gasteiger partial charge >= 0.3 is 0 Å². The fourth-order valence-corrected chi connectivity index (χ4v) is 4.19. The van der Waals surface area contributed by atoms with Crippen molar-refractivity contribution in [3.63, 3.8) is 0 Å². The van der Waals surface area contributed by atoms with Crippen LogP contribution in [0, 0.1) is 5.92 Å². The molecule has 2 aliphatic rings. The first-order valence-electron chi connectivity index (χ1n) is 8.51. The first-order valence-corrected chi connectivity index (χ1v) is 8.51. The number of ether oxygens (including phenoxy) is 1. The molecule has 1 spiro atoms. The van der Waals surface area contributed by atoms with Crippen molar-refractivity contribution in [2.24, 2.45) is 5.92 Å². The van der Waals surface area contributed by atoms with Crippen molar-refractivity contribution in [3.05, 3.63) is 35.4 Å². The molecular weight excluding hydrogens is 260 g/mol. The van der Waals surface area contributed by atoms with E-state index in [2.05, 4.69) is 31.2 Å². The zero-order chi connectivity index (χ0) is 14.9. The molecule has 0 bridgehead atoms. The van der Waals surface area contributed by atoms with Crippen molar-refractivity contribution in [2.75, 3.05) is 6.61 Å². The van der Waals surface area contributed by atoms with Gasteiger partial charge in [-0.3, -0.25) is 0 Å². The highest BCUT2D eigenvalue weighted by molar-refractivity contribution is 5.27. The van der Waals surface area contributed by atoms with Gasteiger partial charge in [-0.15, -0.1) is 0 Å². The molecule has 1 saturated carbocycles. The van der Waals surface area contributed by atoms with Gasteiger partial charge in [0.15, 0.2) is 0 Å². The average Bonchev–Trinajstić information content (AvgIpc) is 2.95. The van der Waals surface area contributed by atoms with Gasteiger partial charge in [-0.1, -0.05) is 44.0 Å². The number of aliphatic hydroxyl groups is 1. The molecule has 3 rings (SSSR count). The van der Waals surface area contributed by atoms with E-state index in [1.807, 2.05) is 6.92 Å². The number of rotatable bonds is 3. The molecule has 1 N–H and O–H groups in total. The molecule has 1 aromatic carbocycles. The highest BCUT2D eigenvalue weighted by Crippen LogP contribution is 2.47. The van der Waals surface area contributed by atoms with Crippen molar-refractivity contribution >= 4 is 0 Å². The molecule has 2 atom stereocenters. The van der Waals surface area contributed by atoms with E-state index in [0.717, 1.165) is 31.4 Å². The normalized spacial score (nSPS) is 27.7. The maximum atomic E-state index is 11.2. The Balaban J connectivity index is 1.79. The van der Waals surface area contributed by atoms with Gasteiger partial charge in [-0.05, 0) is 56.1 Å². The average molecular weight is 288 g/mol. The predicted octanol–water partition coefficient (Wildman–Crippen LogP) is 4.20. The Morgan fingerprint density at radius 3 is 2.52 bits per heavy atom. The Morgan fingerprint density at radius 1 is 1.24 bits per heavy atom. The first kappa shape index (κ1) is 15.1. The molecule has 21 heavy (non-hydrogen) atoms. The molecule has 0 radical (unpaired) electrons. The van der Waals surface area contributed by atoms with E-state index >= 15 is 0 Å². The lowest BCUT2D eigenvalue weighted by Crippen LogP contribution is -2.44. The molecule has 2 nitrogen and oxygen atoms in total. The van der Waals surface area contributed by atoms with Crippen LogP contribution in [0.1, 0.15) is 63.5 Å². The van der Waals surface area contributed by atoms with Crippen LogP contribution in [0.4, 0.5) is 0 Å². The number of hydrogen-bond donors (Lipinski definition) is 1. The quantitative estimate of drug-likeness (QED) is 0.903. The van der Waals surface area contributed by atoms with Gasteiger partial charge in [0, 0.05) is 6.61 Å². The lowest BCUT2D eigenvalue weighted by Gasteiger charge is -2.44. The minimum absolute atomic E-state index is 0.0657. The van der Waals surface area contributed by atoms with E-state index in [-0.39, 0.29) is 5.60 Å². The standard InChI is InChI=1S/C19H28O2/c1-3-15-6-8-16(9-7-15)18(2,20)17-10-13-21-19(14-17)11-4-5-12-19/h6-9,17,20H,3-5,10-14H2,1-2H3. The summed E-state index contributed by atoms with van der Waals surface area (Å²) in [6, 6.07) is 8.51. The van der Waals surface area contributed by atoms with Crippen LogP contribution < -0.4 is 0 Å². The van der Waals surface area contributed by atoms with E-state index < -0.39 is 5.60 Å². The molecule has 116 valence electrons. The molecule has 1 aliphatic heterocycles. The van der Waals surface area contributed by atoms with Crippen LogP contribution >= 0.6 is 0 Å². The smallest absolute Gasteiger partial charge is 0.0898 e. The van der Waals surface area contributed by atoms with E-state index in [0.29, 0.717) is 5.92 Å². The maximum Gasteiger partial charge on any atom is 0.0898 e. The topological polar surface area (TPSA) is 29.5 Å². The molecule has 0 aromatic heterocycles. The zero-order valence-corrected chi connectivity index (χ0v) is 13.4. The molecule has 2 fully saturated rings. The molecule has 2 heteroatoms. The Morgan fingerprint density at radius 2 is 1.90 bits per heavy atom. The monoisotopic (exact) mass is 288 g/mol. The van der Waals surface area contributed by atoms with Crippen molar-refractivity contribution in [1.29, 1.82) is 0 Å². The van der Waals surface area contributed by atoms with E-state index in [1.54, 1.807) is 0 Å². The molecule has 1 aromatic rings. The van der Waals surface area contributed by atoms with E-state index in [1.165, 1.54) is 31.2 Å². The zero-order valence-electron chi connectivity index (χ0n) is 13.4. The minimum Gasteiger partial charge on any atom is -0.385 e. The second kappa shape index (κ2) is 5.73. The van der Waals surface area contributed by atoms with Gasteiger partial charge in [0.05, 0.1) is 11.2 Å². The van der Waals surface area contributed by atoms with Crippen LogP contribution in [0.15, 0.2) is 24.3 Å². The van der Waals surface area contributed by atoms with E-state index in [4.69, 9.17) is 4.74 Å². The largest absolute Gasteiger partial charge is 0.385 e. The third-order valence-electron chi connectivity index (χ3n) is 5.75. The summed E-state index contributed by atoms with van der Waals surface area (Å²) in [6.45, 7) is 4.95. The van der Waals surface area contributed by atoms with Gasteiger partial charge in [-0.2, -0.15) is 0 Å². The Hall–Kier alpha value is -0.860. The number of hydrogen-bond acceptors (Lipinski definition) is 2. The summed E-state index contributed by atoms with van der Waals surface area (Å²) >= 11 is 0. The summed E-state index contributed by atoms with van der Waals surface area (Å²) in [6.07, 6.45) is 7.92. The van der Waals surface area contributed by atoms with Crippen LogP contribution in [0.5, 0.6) is 0 Å². The highest BCUT2D eigenvalue weighted by Gasteiger charge is 2.45. The lowest BCUT2D eigenvalue weighted by atomic mass is 9.73. The van der Waals surface area contributed by atoms with Crippen LogP contribution in [-0.4, -0.2) is 17.3 Å². The molecule has 1 saturated heterocycles. The van der Waals surface area contributed by atoms with Crippen molar-refractivity contribution in [2.45, 2.75) is 70.0 Å². The number of aryl methyl sites for hydroxylation is 1. The summed E-state index contributed by atoms with van der Waals surface area (Å²) < 4.78 is 6.11. The molecular formula is C19H28O2. The van der Waals surface area contributed by atoms with Gasteiger partial charge in [0.25, 0.3) is 0 Å². The predicted molar refractivity (Wildman–Crippen MR) is 85.3 cm³/mol. The highest BCUT2D eigenvalue weighted by atomic mass is 16.5. The SMILES string of the molecule is CCc1ccc(C(C)(O)C2CCOC3(CCCC3)C2)cc1. The third kappa shape index (κ3) is 2.89. The molecule has 0 amide bonds.